The van der Waals surface area contributed by atoms with Gasteiger partial charge in [0, 0.05) is 25.9 Å². The Morgan fingerprint density at radius 1 is 1.21 bits per heavy atom. The molecule has 1 aliphatic rings. The molecular formula is C16H15F2N3O3. The van der Waals surface area contributed by atoms with Crippen molar-refractivity contribution < 1.29 is 23.4 Å². The molecular weight excluding hydrogens is 320 g/mol. The standard InChI is InChI=1S/C16H15F2N3O3/c17-11-1-3-12(4-2-11)24-14-10-19-9-13(20-14)21-7-5-16(18,6-8-21)15(22)23/h1-4,9-10H,5-8H2,(H,22,23). The maximum atomic E-state index is 14.1. The predicted octanol–water partition coefficient (Wildman–Crippen LogP) is 2.80. The maximum absolute atomic E-state index is 14.1. The first-order valence-electron chi connectivity index (χ1n) is 7.39. The molecule has 8 heteroatoms. The number of ether oxygens (including phenoxy) is 1. The van der Waals surface area contributed by atoms with Crippen molar-refractivity contribution >= 4 is 11.8 Å². The molecule has 1 N–H and O–H groups in total. The zero-order valence-electron chi connectivity index (χ0n) is 12.7. The number of aromatic nitrogens is 2. The van der Waals surface area contributed by atoms with Crippen LogP contribution in [-0.2, 0) is 4.79 Å². The molecule has 0 aliphatic carbocycles. The van der Waals surface area contributed by atoms with E-state index in [1.807, 2.05) is 0 Å². The van der Waals surface area contributed by atoms with Crippen molar-refractivity contribution in [2.75, 3.05) is 18.0 Å². The highest BCUT2D eigenvalue weighted by Gasteiger charge is 2.42. The van der Waals surface area contributed by atoms with Crippen molar-refractivity contribution in [3.63, 3.8) is 0 Å². The van der Waals surface area contributed by atoms with E-state index >= 15 is 0 Å². The molecule has 126 valence electrons. The maximum Gasteiger partial charge on any atom is 0.341 e. The molecule has 0 saturated carbocycles. The third-order valence-electron chi connectivity index (χ3n) is 3.90. The normalized spacial score (nSPS) is 16.7. The van der Waals surface area contributed by atoms with Crippen LogP contribution < -0.4 is 9.64 Å². The van der Waals surface area contributed by atoms with E-state index in [0.29, 0.717) is 11.6 Å². The van der Waals surface area contributed by atoms with Crippen LogP contribution in [0.2, 0.25) is 0 Å². The molecule has 0 unspecified atom stereocenters. The first-order chi connectivity index (χ1) is 11.5. The lowest BCUT2D eigenvalue weighted by molar-refractivity contribution is -0.152. The van der Waals surface area contributed by atoms with Crippen LogP contribution in [0.4, 0.5) is 14.6 Å². The Kier molecular flexibility index (Phi) is 4.28. The minimum Gasteiger partial charge on any atom is -0.479 e. The molecule has 1 aromatic carbocycles. The second kappa shape index (κ2) is 6.38. The molecule has 1 saturated heterocycles. The van der Waals surface area contributed by atoms with Gasteiger partial charge in [0.2, 0.25) is 11.5 Å². The monoisotopic (exact) mass is 335 g/mol. The molecule has 2 aromatic rings. The smallest absolute Gasteiger partial charge is 0.341 e. The number of aliphatic carboxylic acids is 1. The van der Waals surface area contributed by atoms with Crippen molar-refractivity contribution in [1.82, 2.24) is 9.97 Å². The first-order valence-corrected chi connectivity index (χ1v) is 7.39. The van der Waals surface area contributed by atoms with E-state index in [-0.39, 0.29) is 37.6 Å². The summed E-state index contributed by atoms with van der Waals surface area (Å²) in [5.41, 5.74) is -2.19. The first kappa shape index (κ1) is 16.1. The number of carbonyl (C=O) groups is 1. The van der Waals surface area contributed by atoms with Crippen LogP contribution in [0.3, 0.4) is 0 Å². The number of nitrogens with zero attached hydrogens (tertiary/aromatic N) is 3. The van der Waals surface area contributed by atoms with Crippen molar-refractivity contribution in [2.24, 2.45) is 0 Å². The lowest BCUT2D eigenvalue weighted by atomic mass is 9.93. The summed E-state index contributed by atoms with van der Waals surface area (Å²) in [7, 11) is 0. The number of benzene rings is 1. The predicted molar refractivity (Wildman–Crippen MR) is 81.4 cm³/mol. The number of alkyl halides is 1. The van der Waals surface area contributed by atoms with Gasteiger partial charge >= 0.3 is 5.97 Å². The lowest BCUT2D eigenvalue weighted by Crippen LogP contribution is -2.46. The molecule has 3 rings (SSSR count). The summed E-state index contributed by atoms with van der Waals surface area (Å²) in [5.74, 6) is -0.697. The number of carboxylic acids is 1. The molecule has 2 heterocycles. The van der Waals surface area contributed by atoms with Crippen LogP contribution >= 0.6 is 0 Å². The van der Waals surface area contributed by atoms with Gasteiger partial charge in [0.1, 0.15) is 11.6 Å². The van der Waals surface area contributed by atoms with Crippen molar-refractivity contribution in [3.05, 3.63) is 42.5 Å². The largest absolute Gasteiger partial charge is 0.479 e. The van der Waals surface area contributed by atoms with Crippen molar-refractivity contribution in [1.29, 1.82) is 0 Å². The number of hydrogen-bond donors (Lipinski definition) is 1. The zero-order valence-corrected chi connectivity index (χ0v) is 12.7. The van der Waals surface area contributed by atoms with Gasteiger partial charge in [-0.2, -0.15) is 4.98 Å². The van der Waals surface area contributed by atoms with Gasteiger partial charge in [-0.3, -0.25) is 4.98 Å². The van der Waals surface area contributed by atoms with E-state index in [1.54, 1.807) is 4.90 Å². The molecule has 0 spiro atoms. The number of halogens is 2. The van der Waals surface area contributed by atoms with Gasteiger partial charge in [0.15, 0.2) is 5.82 Å². The van der Waals surface area contributed by atoms with Crippen LogP contribution in [0.15, 0.2) is 36.7 Å². The molecule has 0 atom stereocenters. The van der Waals surface area contributed by atoms with E-state index in [2.05, 4.69) is 9.97 Å². The Morgan fingerprint density at radius 3 is 2.50 bits per heavy atom. The Labute approximate surface area is 136 Å². The minimum atomic E-state index is -2.19. The van der Waals surface area contributed by atoms with Crippen LogP contribution in [0.25, 0.3) is 0 Å². The number of anilines is 1. The van der Waals surface area contributed by atoms with Gasteiger partial charge in [-0.05, 0) is 24.3 Å². The third kappa shape index (κ3) is 3.42. The zero-order chi connectivity index (χ0) is 17.2. The highest BCUT2D eigenvalue weighted by molar-refractivity contribution is 5.77. The summed E-state index contributed by atoms with van der Waals surface area (Å²) in [4.78, 5) is 21.0. The Hall–Kier alpha value is -2.77. The summed E-state index contributed by atoms with van der Waals surface area (Å²) in [5, 5.41) is 8.91. The molecule has 6 nitrogen and oxygen atoms in total. The molecule has 1 fully saturated rings. The quantitative estimate of drug-likeness (QED) is 0.926. The Bertz CT molecular complexity index is 732. The Balaban J connectivity index is 1.70. The molecule has 0 bridgehead atoms. The number of rotatable bonds is 4. The van der Waals surface area contributed by atoms with E-state index in [1.165, 1.54) is 36.7 Å². The summed E-state index contributed by atoms with van der Waals surface area (Å²) >= 11 is 0. The van der Waals surface area contributed by atoms with Crippen LogP contribution in [-0.4, -0.2) is 39.8 Å². The number of hydrogen-bond acceptors (Lipinski definition) is 5. The second-order valence-electron chi connectivity index (χ2n) is 5.53. The van der Waals surface area contributed by atoms with Gasteiger partial charge in [0.25, 0.3) is 0 Å². The van der Waals surface area contributed by atoms with Crippen molar-refractivity contribution in [3.8, 4) is 11.6 Å². The van der Waals surface area contributed by atoms with Crippen molar-refractivity contribution in [2.45, 2.75) is 18.5 Å². The van der Waals surface area contributed by atoms with Gasteiger partial charge < -0.3 is 14.7 Å². The van der Waals surface area contributed by atoms with E-state index in [4.69, 9.17) is 9.84 Å². The summed E-state index contributed by atoms with van der Waals surface area (Å²) < 4.78 is 32.5. The average molecular weight is 335 g/mol. The fourth-order valence-corrected chi connectivity index (χ4v) is 2.47. The molecule has 1 aromatic heterocycles. The summed E-state index contributed by atoms with van der Waals surface area (Å²) in [6.07, 6.45) is 2.68. The van der Waals surface area contributed by atoms with Crippen LogP contribution in [0, 0.1) is 5.82 Å². The fraction of sp³-hybridized carbons (Fsp3) is 0.312. The SMILES string of the molecule is O=C(O)C1(F)CCN(c2cncc(Oc3ccc(F)cc3)n2)CC1. The van der Waals surface area contributed by atoms with Gasteiger partial charge in [0.05, 0.1) is 12.4 Å². The van der Waals surface area contributed by atoms with Gasteiger partial charge in [-0.1, -0.05) is 0 Å². The minimum absolute atomic E-state index is 0.118. The number of piperidine rings is 1. The number of carboxylic acid groups (broad SMARTS) is 1. The van der Waals surface area contributed by atoms with E-state index < -0.39 is 11.6 Å². The average Bonchev–Trinajstić information content (AvgIpc) is 2.58. The summed E-state index contributed by atoms with van der Waals surface area (Å²) in [6, 6.07) is 5.47. The summed E-state index contributed by atoms with van der Waals surface area (Å²) in [6.45, 7) is 0.439. The fourth-order valence-electron chi connectivity index (χ4n) is 2.47. The second-order valence-corrected chi connectivity index (χ2v) is 5.53. The molecule has 0 amide bonds. The third-order valence-corrected chi connectivity index (χ3v) is 3.90. The lowest BCUT2D eigenvalue weighted by Gasteiger charge is -2.34. The van der Waals surface area contributed by atoms with E-state index in [9.17, 15) is 13.6 Å². The Morgan fingerprint density at radius 2 is 1.88 bits per heavy atom. The van der Waals surface area contributed by atoms with Crippen LogP contribution in [0.5, 0.6) is 11.6 Å². The molecule has 1 aliphatic heterocycles. The molecule has 0 radical (unpaired) electrons. The van der Waals surface area contributed by atoms with Gasteiger partial charge in [-0.25, -0.2) is 13.6 Å². The topological polar surface area (TPSA) is 75.5 Å². The van der Waals surface area contributed by atoms with E-state index in [0.717, 1.165) is 0 Å². The highest BCUT2D eigenvalue weighted by atomic mass is 19.1. The van der Waals surface area contributed by atoms with Gasteiger partial charge in [-0.15, -0.1) is 0 Å². The van der Waals surface area contributed by atoms with Crippen LogP contribution in [0.1, 0.15) is 12.8 Å². The molecule has 24 heavy (non-hydrogen) atoms. The highest BCUT2D eigenvalue weighted by Crippen LogP contribution is 2.29.